The first-order valence-electron chi connectivity index (χ1n) is 32.7. The Morgan fingerprint density at radius 2 is 1.13 bits per heavy atom. The first-order chi connectivity index (χ1) is 45.8. The third kappa shape index (κ3) is 13.5. The van der Waals surface area contributed by atoms with Crippen LogP contribution in [0, 0.1) is 26.6 Å². The van der Waals surface area contributed by atoms with Gasteiger partial charge in [0.1, 0.15) is 35.1 Å². The van der Waals surface area contributed by atoms with Gasteiger partial charge in [0.25, 0.3) is 17.7 Å². The molecule has 95 heavy (non-hydrogen) atoms. The van der Waals surface area contributed by atoms with Crippen molar-refractivity contribution < 1.29 is 52.3 Å². The van der Waals surface area contributed by atoms with Gasteiger partial charge < -0.3 is 39.9 Å². The number of rotatable bonds is 20. The SMILES string of the molecule is COCCOC1C(c2ccc(C(=O)N(c3nc(CC4(C)ON=C(c5ccc(C(=O)N(c6ncc(CC7(C)ON=C(c8ccc(C(=O)N(c9ncccc9C)[C@@H]9CCCNC9)cc8)C7=O)cc6C)[C@@H]6CCCNC6)c(F)c5)C4=O)ccc3C)[C@@H]3CCCNC3)cc2)=NOC1(C)C. The van der Waals surface area contributed by atoms with Crippen LogP contribution in [-0.2, 0) is 46.4 Å². The zero-order chi connectivity index (χ0) is 66.8. The molecule has 0 saturated carbocycles. The van der Waals surface area contributed by atoms with Crippen molar-refractivity contribution in [3.8, 4) is 0 Å². The molecule has 0 radical (unpaired) electrons. The van der Waals surface area contributed by atoms with Crippen LogP contribution >= 0.6 is 0 Å². The number of benzene rings is 3. The van der Waals surface area contributed by atoms with E-state index in [1.807, 2.05) is 71.0 Å². The molecule has 23 heteroatoms. The molecule has 6 atom stereocenters. The number of amides is 3. The van der Waals surface area contributed by atoms with Gasteiger partial charge in [0.2, 0.25) is 22.8 Å². The Kier molecular flexibility index (Phi) is 19.3. The molecule has 0 bridgehead atoms. The van der Waals surface area contributed by atoms with E-state index in [0.29, 0.717) is 95.9 Å². The number of aromatic nitrogens is 3. The summed E-state index contributed by atoms with van der Waals surface area (Å²) in [6.07, 6.45) is 7.62. The molecule has 6 aliphatic heterocycles. The molecule has 3 amide bonds. The van der Waals surface area contributed by atoms with E-state index < -0.39 is 46.5 Å². The van der Waals surface area contributed by atoms with E-state index in [1.165, 1.54) is 17.0 Å². The van der Waals surface area contributed by atoms with E-state index in [-0.39, 0.29) is 65.1 Å². The predicted molar refractivity (Wildman–Crippen MR) is 357 cm³/mol. The lowest BCUT2D eigenvalue weighted by Gasteiger charge is -2.35. The molecule has 0 aliphatic carbocycles. The molecule has 12 rings (SSSR count). The number of pyridine rings is 3. The number of piperidine rings is 3. The van der Waals surface area contributed by atoms with Crippen molar-refractivity contribution in [2.45, 2.75) is 141 Å². The monoisotopic (exact) mass is 1290 g/mol. The molecular weight excluding hydrogens is 1210 g/mol. The maximum absolute atomic E-state index is 16.8. The van der Waals surface area contributed by atoms with Gasteiger partial charge in [-0.05, 0) is 177 Å². The van der Waals surface area contributed by atoms with Gasteiger partial charge in [-0.15, -0.1) is 0 Å². The number of hydrogen-bond donors (Lipinski definition) is 3. The van der Waals surface area contributed by atoms with E-state index in [4.69, 9.17) is 34.0 Å². The molecule has 0 spiro atoms. The Hall–Kier alpha value is -9.00. The lowest BCUT2D eigenvalue weighted by Crippen LogP contribution is -2.50. The highest BCUT2D eigenvalue weighted by Gasteiger charge is 2.48. The van der Waals surface area contributed by atoms with Crippen LogP contribution in [0.25, 0.3) is 0 Å². The summed E-state index contributed by atoms with van der Waals surface area (Å²) in [7, 11) is 1.61. The lowest BCUT2D eigenvalue weighted by molar-refractivity contribution is -0.130. The molecule has 3 aromatic carbocycles. The molecule has 3 fully saturated rings. The Morgan fingerprint density at radius 1 is 0.589 bits per heavy atom. The minimum absolute atomic E-state index is 0.0309. The van der Waals surface area contributed by atoms with Crippen molar-refractivity contribution in [2.24, 2.45) is 15.5 Å². The van der Waals surface area contributed by atoms with E-state index in [9.17, 15) is 24.0 Å². The zero-order valence-electron chi connectivity index (χ0n) is 55.0. The van der Waals surface area contributed by atoms with Crippen LogP contribution < -0.4 is 30.7 Å². The van der Waals surface area contributed by atoms with Crippen LogP contribution in [0.3, 0.4) is 0 Å². The minimum Gasteiger partial charge on any atom is -0.386 e. The Labute approximate surface area is 552 Å². The molecule has 6 aliphatic rings. The van der Waals surface area contributed by atoms with Crippen molar-refractivity contribution in [3.05, 3.63) is 177 Å². The van der Waals surface area contributed by atoms with Gasteiger partial charge in [-0.3, -0.25) is 38.7 Å². The summed E-state index contributed by atoms with van der Waals surface area (Å²) in [5, 5.41) is 23.1. The number of hydrogen-bond acceptors (Lipinski definition) is 19. The maximum atomic E-state index is 16.8. The quantitative estimate of drug-likeness (QED) is 0.0608. The zero-order valence-corrected chi connectivity index (χ0v) is 55.0. The number of anilines is 3. The van der Waals surface area contributed by atoms with Gasteiger partial charge in [0.05, 0.1) is 36.9 Å². The summed E-state index contributed by atoms with van der Waals surface area (Å²) < 4.78 is 28.1. The molecular formula is C72H81FN12O10. The van der Waals surface area contributed by atoms with Crippen molar-refractivity contribution in [1.29, 1.82) is 0 Å². The standard InChI is InChI=1S/C72H81FN12O10/c1-43-13-9-32-77-64(43)83(53-14-10-29-74-40-53)67(88)49-22-18-47(19-23-49)58-61(86)71(6,94-80-58)37-46-35-45(3)65(78-39-46)84(54-15-11-30-75-41-54)69(90)56-28-26-51(36-57(56)73)59-62(87)72(7,95-81-59)38-52-27-17-44(2)66(79-52)85(55-16-12-31-76-42-55)68(89)50-24-20-48(21-25-50)60-63(92-34-33-91-8)70(4,5)93-82-60/h9,13,17-28,32,35-36,39,53-55,63,74-76H,10-12,14-16,29-31,33-34,37-38,40-42H2,1-8H3/t53-,54-,55-,63?,71?,72?/m1/s1. The van der Waals surface area contributed by atoms with Gasteiger partial charge in [-0.2, -0.15) is 0 Å². The number of carbonyl (C=O) groups excluding carboxylic acids is 5. The third-order valence-electron chi connectivity index (χ3n) is 18.7. The number of nitrogens with one attached hydrogen (secondary N) is 3. The highest BCUT2D eigenvalue weighted by Crippen LogP contribution is 2.36. The fourth-order valence-electron chi connectivity index (χ4n) is 13.5. The molecule has 3 aromatic heterocycles. The van der Waals surface area contributed by atoms with Gasteiger partial charge in [0, 0.05) is 85.5 Å². The van der Waals surface area contributed by atoms with Gasteiger partial charge in [-0.25, -0.2) is 19.3 Å². The second kappa shape index (κ2) is 27.8. The third-order valence-corrected chi connectivity index (χ3v) is 18.7. The summed E-state index contributed by atoms with van der Waals surface area (Å²) in [4.78, 5) is 110. The lowest BCUT2D eigenvalue weighted by atomic mass is 9.88. The fourth-order valence-corrected chi connectivity index (χ4v) is 13.5. The number of Topliss-reactive ketones (excluding diaryl/α,β-unsaturated/α-hetero) is 2. The Morgan fingerprint density at radius 3 is 1.68 bits per heavy atom. The average molecular weight is 1290 g/mol. The van der Waals surface area contributed by atoms with Crippen molar-refractivity contribution >= 4 is 63.9 Å². The molecule has 22 nitrogen and oxygen atoms in total. The topological polar surface area (TPSA) is 253 Å². The largest absolute Gasteiger partial charge is 0.386 e. The van der Waals surface area contributed by atoms with Gasteiger partial charge in [0.15, 0.2) is 17.0 Å². The van der Waals surface area contributed by atoms with Crippen LogP contribution in [0.4, 0.5) is 21.8 Å². The number of ketones is 2. The number of nitrogens with zero attached hydrogens (tertiary/aromatic N) is 9. The van der Waals surface area contributed by atoms with Gasteiger partial charge in [-0.1, -0.05) is 64.0 Å². The first-order valence-corrected chi connectivity index (χ1v) is 32.7. The Bertz CT molecular complexity index is 4010. The molecule has 3 N–H and O–H groups in total. The molecule has 6 aromatic rings. The van der Waals surface area contributed by atoms with Crippen LogP contribution in [-0.4, -0.2) is 162 Å². The second-order valence-corrected chi connectivity index (χ2v) is 26.4. The number of halogens is 1. The summed E-state index contributed by atoms with van der Waals surface area (Å²) in [6.45, 7) is 17.6. The van der Waals surface area contributed by atoms with Crippen molar-refractivity contribution in [1.82, 2.24) is 30.9 Å². The summed E-state index contributed by atoms with van der Waals surface area (Å²) in [5.74, 6) is -1.42. The normalized spacial score (nSPS) is 23.2. The van der Waals surface area contributed by atoms with E-state index in [0.717, 1.165) is 74.5 Å². The summed E-state index contributed by atoms with van der Waals surface area (Å²) >= 11 is 0. The number of aryl methyl sites for hydroxylation is 3. The number of oxime groups is 3. The molecule has 3 saturated heterocycles. The summed E-state index contributed by atoms with van der Waals surface area (Å²) in [6, 6.07) is 26.6. The molecule has 9 heterocycles. The number of ether oxygens (including phenoxy) is 2. The van der Waals surface area contributed by atoms with Crippen molar-refractivity contribution in [2.75, 3.05) is 74.3 Å². The number of carbonyl (C=O) groups is 5. The fraction of sp³-hybridized carbons (Fsp3) is 0.431. The maximum Gasteiger partial charge on any atom is 0.262 e. The van der Waals surface area contributed by atoms with Gasteiger partial charge >= 0.3 is 0 Å². The van der Waals surface area contributed by atoms with E-state index in [2.05, 4.69) is 36.4 Å². The number of methoxy groups -OCH3 is 1. The van der Waals surface area contributed by atoms with Crippen LogP contribution in [0.2, 0.25) is 0 Å². The first kappa shape index (κ1) is 66.0. The smallest absolute Gasteiger partial charge is 0.262 e. The van der Waals surface area contributed by atoms with Crippen LogP contribution in [0.5, 0.6) is 0 Å². The average Bonchev–Trinajstić information content (AvgIpc) is 1.77. The Balaban J connectivity index is 0.720. The van der Waals surface area contributed by atoms with Crippen LogP contribution in [0.1, 0.15) is 142 Å². The van der Waals surface area contributed by atoms with Crippen LogP contribution in [0.15, 0.2) is 125 Å². The highest BCUT2D eigenvalue weighted by atomic mass is 19.1. The highest BCUT2D eigenvalue weighted by molar-refractivity contribution is 6.50. The molecule has 496 valence electrons. The minimum atomic E-state index is -1.56. The second-order valence-electron chi connectivity index (χ2n) is 26.4. The summed E-state index contributed by atoms with van der Waals surface area (Å²) in [5.41, 5.74) is 2.33. The predicted octanol–water partition coefficient (Wildman–Crippen LogP) is 8.29. The van der Waals surface area contributed by atoms with E-state index in [1.54, 1.807) is 85.6 Å². The van der Waals surface area contributed by atoms with E-state index >= 15 is 4.39 Å². The van der Waals surface area contributed by atoms with Crippen molar-refractivity contribution in [3.63, 3.8) is 0 Å². The molecule has 3 unspecified atom stereocenters.